The molecular formula is C13H12NO2S. The van der Waals surface area contributed by atoms with Crippen LogP contribution in [0.3, 0.4) is 0 Å². The van der Waals surface area contributed by atoms with Crippen molar-refractivity contribution in [2.75, 3.05) is 7.05 Å². The van der Waals surface area contributed by atoms with Crippen LogP contribution >= 0.6 is 0 Å². The molecule has 1 N–H and O–H groups in total. The summed E-state index contributed by atoms with van der Waals surface area (Å²) in [6, 6.07) is 17.3. The number of rotatable bonds is 3. The first-order valence-corrected chi connectivity index (χ1v) is 6.63. The fourth-order valence-corrected chi connectivity index (χ4v) is 2.51. The molecule has 0 spiro atoms. The van der Waals surface area contributed by atoms with E-state index in [0.717, 1.165) is 5.56 Å². The lowest BCUT2D eigenvalue weighted by Crippen LogP contribution is -2.19. The van der Waals surface area contributed by atoms with Gasteiger partial charge in [0.1, 0.15) is 0 Å². The van der Waals surface area contributed by atoms with E-state index in [1.807, 2.05) is 30.3 Å². The Labute approximate surface area is 101 Å². The van der Waals surface area contributed by atoms with Crippen molar-refractivity contribution in [1.82, 2.24) is 4.72 Å². The van der Waals surface area contributed by atoms with Crippen molar-refractivity contribution in [3.05, 3.63) is 54.6 Å². The van der Waals surface area contributed by atoms with Crippen LogP contribution in [0.1, 0.15) is 0 Å². The second kappa shape index (κ2) is 4.69. The maximum absolute atomic E-state index is 11.9. The van der Waals surface area contributed by atoms with E-state index < -0.39 is 10.0 Å². The van der Waals surface area contributed by atoms with Gasteiger partial charge in [-0.15, -0.1) is 0 Å². The largest absolute Gasteiger partial charge is 0.240 e. The summed E-state index contributed by atoms with van der Waals surface area (Å²) in [5.74, 6) is 0. The average molecular weight is 246 g/mol. The van der Waals surface area contributed by atoms with Crippen molar-refractivity contribution in [2.45, 2.75) is 4.90 Å². The van der Waals surface area contributed by atoms with E-state index in [4.69, 9.17) is 0 Å². The van der Waals surface area contributed by atoms with Gasteiger partial charge in [0.2, 0.25) is 10.0 Å². The van der Waals surface area contributed by atoms with Gasteiger partial charge in [-0.25, -0.2) is 13.1 Å². The van der Waals surface area contributed by atoms with Crippen LogP contribution in [0.15, 0.2) is 53.4 Å². The predicted octanol–water partition coefficient (Wildman–Crippen LogP) is 2.06. The molecule has 2 rings (SSSR count). The van der Waals surface area contributed by atoms with E-state index >= 15 is 0 Å². The second-order valence-electron chi connectivity index (χ2n) is 3.48. The molecule has 0 bridgehead atoms. The third-order valence-corrected chi connectivity index (χ3v) is 3.90. The van der Waals surface area contributed by atoms with Crippen LogP contribution in [0.4, 0.5) is 0 Å². The maximum Gasteiger partial charge on any atom is 0.240 e. The quantitative estimate of drug-likeness (QED) is 0.901. The fourth-order valence-electron chi connectivity index (χ4n) is 1.59. The second-order valence-corrected chi connectivity index (χ2v) is 5.34. The zero-order valence-corrected chi connectivity index (χ0v) is 10.2. The zero-order chi connectivity index (χ0) is 12.3. The van der Waals surface area contributed by atoms with Crippen LogP contribution in [0.2, 0.25) is 0 Å². The van der Waals surface area contributed by atoms with Crippen LogP contribution < -0.4 is 4.72 Å². The first-order valence-electron chi connectivity index (χ1n) is 5.15. The highest BCUT2D eigenvalue weighted by atomic mass is 32.2. The molecule has 0 saturated heterocycles. The minimum atomic E-state index is -3.46. The van der Waals surface area contributed by atoms with Crippen molar-refractivity contribution < 1.29 is 8.42 Å². The van der Waals surface area contributed by atoms with Gasteiger partial charge >= 0.3 is 0 Å². The van der Waals surface area contributed by atoms with Gasteiger partial charge in [0.05, 0.1) is 4.90 Å². The third kappa shape index (κ3) is 2.38. The van der Waals surface area contributed by atoms with Crippen LogP contribution in [0.5, 0.6) is 0 Å². The Kier molecular flexibility index (Phi) is 3.26. The Hall–Kier alpha value is -1.65. The smallest absolute Gasteiger partial charge is 0.214 e. The lowest BCUT2D eigenvalue weighted by atomic mass is 10.1. The van der Waals surface area contributed by atoms with E-state index in [0.29, 0.717) is 5.56 Å². The molecule has 4 heteroatoms. The Bertz CT molecular complexity index is 606. The first kappa shape index (κ1) is 11.8. The highest BCUT2D eigenvalue weighted by Crippen LogP contribution is 2.25. The van der Waals surface area contributed by atoms with E-state index in [9.17, 15) is 8.42 Å². The molecule has 0 fully saturated rings. The van der Waals surface area contributed by atoms with Crippen molar-refractivity contribution in [3.63, 3.8) is 0 Å². The molecule has 3 nitrogen and oxygen atoms in total. The highest BCUT2D eigenvalue weighted by molar-refractivity contribution is 7.89. The molecule has 0 saturated carbocycles. The molecule has 2 aromatic rings. The zero-order valence-electron chi connectivity index (χ0n) is 9.34. The molecule has 0 heterocycles. The topological polar surface area (TPSA) is 46.2 Å². The molecule has 0 aliphatic rings. The van der Waals surface area contributed by atoms with Gasteiger partial charge in [0.15, 0.2) is 0 Å². The number of sulfonamides is 1. The van der Waals surface area contributed by atoms with E-state index in [1.165, 1.54) is 7.05 Å². The summed E-state index contributed by atoms with van der Waals surface area (Å²) in [5, 5.41) is 0. The summed E-state index contributed by atoms with van der Waals surface area (Å²) >= 11 is 0. The summed E-state index contributed by atoms with van der Waals surface area (Å²) in [5.41, 5.74) is 1.42. The van der Waals surface area contributed by atoms with E-state index in [2.05, 4.69) is 10.8 Å². The molecule has 0 aromatic heterocycles. The van der Waals surface area contributed by atoms with Gasteiger partial charge in [-0.2, -0.15) is 0 Å². The van der Waals surface area contributed by atoms with Crippen molar-refractivity contribution >= 4 is 10.0 Å². The highest BCUT2D eigenvalue weighted by Gasteiger charge is 2.16. The molecular weight excluding hydrogens is 234 g/mol. The molecule has 0 aliphatic heterocycles. The summed E-state index contributed by atoms with van der Waals surface area (Å²) in [6.07, 6.45) is 0. The molecule has 0 aliphatic carbocycles. The van der Waals surface area contributed by atoms with Gasteiger partial charge in [-0.05, 0) is 24.7 Å². The molecule has 0 atom stereocenters. The number of hydrogen-bond donors (Lipinski definition) is 1. The van der Waals surface area contributed by atoms with Crippen molar-refractivity contribution in [1.29, 1.82) is 0 Å². The van der Waals surface area contributed by atoms with Crippen LogP contribution in [0, 0.1) is 6.07 Å². The first-order chi connectivity index (χ1) is 8.15. The third-order valence-electron chi connectivity index (χ3n) is 2.44. The maximum atomic E-state index is 11.9. The normalized spacial score (nSPS) is 11.4. The van der Waals surface area contributed by atoms with Crippen molar-refractivity contribution in [3.8, 4) is 11.1 Å². The molecule has 0 unspecified atom stereocenters. The standard InChI is InChI=1S/C13H12NO2S/c1-14-17(15,16)13-10-6-5-9-12(13)11-7-3-2-4-8-11/h2-8,10,14H,1H3. The van der Waals surface area contributed by atoms with Crippen LogP contribution in [-0.2, 0) is 10.0 Å². The average Bonchev–Trinajstić information content (AvgIpc) is 2.40. The van der Waals surface area contributed by atoms with E-state index in [-0.39, 0.29) is 4.90 Å². The van der Waals surface area contributed by atoms with Crippen LogP contribution in [0.25, 0.3) is 11.1 Å². The number of benzene rings is 2. The molecule has 0 amide bonds. The molecule has 87 valence electrons. The van der Waals surface area contributed by atoms with Gasteiger partial charge < -0.3 is 0 Å². The molecule has 1 radical (unpaired) electrons. The fraction of sp³-hybridized carbons (Fsp3) is 0.0769. The SMILES string of the molecule is CNS(=O)(=O)c1ccc[c]c1-c1ccccc1. The van der Waals surface area contributed by atoms with E-state index in [1.54, 1.807) is 18.2 Å². The van der Waals surface area contributed by atoms with Gasteiger partial charge in [-0.3, -0.25) is 0 Å². The monoisotopic (exact) mass is 246 g/mol. The van der Waals surface area contributed by atoms with Crippen LogP contribution in [-0.4, -0.2) is 15.5 Å². The lowest BCUT2D eigenvalue weighted by molar-refractivity contribution is 0.588. The Morgan fingerprint density at radius 3 is 2.41 bits per heavy atom. The predicted molar refractivity (Wildman–Crippen MR) is 67.0 cm³/mol. The van der Waals surface area contributed by atoms with Gasteiger partial charge in [-0.1, -0.05) is 42.5 Å². The molecule has 17 heavy (non-hydrogen) atoms. The summed E-state index contributed by atoms with van der Waals surface area (Å²) in [7, 11) is -2.06. The summed E-state index contributed by atoms with van der Waals surface area (Å²) in [4.78, 5) is 0.244. The lowest BCUT2D eigenvalue weighted by Gasteiger charge is -2.08. The van der Waals surface area contributed by atoms with Crippen molar-refractivity contribution in [2.24, 2.45) is 0 Å². The number of hydrogen-bond acceptors (Lipinski definition) is 2. The minimum Gasteiger partial charge on any atom is -0.214 e. The Morgan fingerprint density at radius 2 is 1.76 bits per heavy atom. The Balaban J connectivity index is 2.65. The van der Waals surface area contributed by atoms with Gasteiger partial charge in [0, 0.05) is 5.56 Å². The summed E-state index contributed by atoms with van der Waals surface area (Å²) in [6.45, 7) is 0. The Morgan fingerprint density at radius 1 is 1.06 bits per heavy atom. The van der Waals surface area contributed by atoms with Gasteiger partial charge in [0.25, 0.3) is 0 Å². The summed E-state index contributed by atoms with van der Waals surface area (Å²) < 4.78 is 26.0. The number of nitrogens with one attached hydrogen (secondary N) is 1. The molecule has 2 aromatic carbocycles. The minimum absolute atomic E-state index is 0.244.